The van der Waals surface area contributed by atoms with E-state index in [0.717, 1.165) is 5.39 Å². The fraction of sp³-hybridized carbons (Fsp3) is 0. The van der Waals surface area contributed by atoms with Crippen LogP contribution in [0.4, 0.5) is 5.69 Å². The molecule has 0 fully saturated rings. The van der Waals surface area contributed by atoms with E-state index in [9.17, 15) is 4.79 Å². The largest absolute Gasteiger partial charge is 0.399 e. The maximum Gasteiger partial charge on any atom is 0.279 e. The summed E-state index contributed by atoms with van der Waals surface area (Å²) < 4.78 is 1.38. The second-order valence-corrected chi connectivity index (χ2v) is 4.04. The highest BCUT2D eigenvalue weighted by atomic mass is 16.1. The predicted molar refractivity (Wildman–Crippen MR) is 71.8 cm³/mol. The molecule has 18 heavy (non-hydrogen) atoms. The minimum atomic E-state index is -0.127. The van der Waals surface area contributed by atoms with Crippen LogP contribution in [-0.4, -0.2) is 9.78 Å². The first kappa shape index (κ1) is 10.5. The summed E-state index contributed by atoms with van der Waals surface area (Å²) in [6.07, 6.45) is 1.69. The van der Waals surface area contributed by atoms with Gasteiger partial charge in [-0.25, -0.2) is 0 Å². The van der Waals surface area contributed by atoms with E-state index in [1.54, 1.807) is 36.5 Å². The summed E-state index contributed by atoms with van der Waals surface area (Å²) in [6.45, 7) is 0. The molecule has 2 aromatic carbocycles. The second kappa shape index (κ2) is 4.00. The number of hydrogen-bond donors (Lipinski definition) is 1. The number of benzene rings is 2. The molecular formula is C14H11N3O. The van der Waals surface area contributed by atoms with Crippen LogP contribution in [0.3, 0.4) is 0 Å². The molecular weight excluding hydrogens is 226 g/mol. The molecule has 88 valence electrons. The standard InChI is InChI=1S/C14H11N3O/c15-11-5-7-12(8-6-11)17-14(18)13-4-2-1-3-10(13)9-16-17/h1-9H,15H2. The van der Waals surface area contributed by atoms with Crippen molar-refractivity contribution < 1.29 is 0 Å². The van der Waals surface area contributed by atoms with E-state index < -0.39 is 0 Å². The molecule has 0 spiro atoms. The van der Waals surface area contributed by atoms with Gasteiger partial charge in [0.1, 0.15) is 0 Å². The van der Waals surface area contributed by atoms with Crippen LogP contribution in [0.2, 0.25) is 0 Å². The SMILES string of the molecule is Nc1ccc(-n2ncc3ccccc3c2=O)cc1. The third-order valence-corrected chi connectivity index (χ3v) is 2.83. The molecule has 0 saturated carbocycles. The zero-order valence-electron chi connectivity index (χ0n) is 9.58. The molecule has 2 N–H and O–H groups in total. The Hall–Kier alpha value is -2.62. The molecule has 4 heteroatoms. The molecule has 3 rings (SSSR count). The molecule has 0 unspecified atom stereocenters. The molecule has 1 heterocycles. The fourth-order valence-corrected chi connectivity index (χ4v) is 1.89. The van der Waals surface area contributed by atoms with Crippen LogP contribution in [0, 0.1) is 0 Å². The van der Waals surface area contributed by atoms with Crippen molar-refractivity contribution in [2.24, 2.45) is 0 Å². The Bertz CT molecular complexity index is 760. The quantitative estimate of drug-likeness (QED) is 0.658. The maximum atomic E-state index is 12.3. The number of fused-ring (bicyclic) bond motifs is 1. The van der Waals surface area contributed by atoms with Gasteiger partial charge in [0.2, 0.25) is 0 Å². The summed E-state index contributed by atoms with van der Waals surface area (Å²) >= 11 is 0. The van der Waals surface area contributed by atoms with Gasteiger partial charge >= 0.3 is 0 Å². The molecule has 3 aromatic rings. The van der Waals surface area contributed by atoms with Gasteiger partial charge in [-0.15, -0.1) is 0 Å². The molecule has 0 aliphatic carbocycles. The molecule has 0 aliphatic rings. The Kier molecular flexibility index (Phi) is 2.34. The van der Waals surface area contributed by atoms with Crippen LogP contribution in [0.1, 0.15) is 0 Å². The van der Waals surface area contributed by atoms with E-state index in [1.165, 1.54) is 4.68 Å². The van der Waals surface area contributed by atoms with Crippen molar-refractivity contribution in [1.82, 2.24) is 9.78 Å². The first-order valence-electron chi connectivity index (χ1n) is 5.59. The summed E-state index contributed by atoms with van der Waals surface area (Å²) in [5, 5.41) is 5.67. The summed E-state index contributed by atoms with van der Waals surface area (Å²) in [4.78, 5) is 12.3. The van der Waals surface area contributed by atoms with E-state index in [-0.39, 0.29) is 5.56 Å². The Morgan fingerprint density at radius 1 is 1.00 bits per heavy atom. The Morgan fingerprint density at radius 3 is 2.50 bits per heavy atom. The monoisotopic (exact) mass is 237 g/mol. The number of nitrogens with zero attached hydrogens (tertiary/aromatic N) is 2. The minimum absolute atomic E-state index is 0.127. The third-order valence-electron chi connectivity index (χ3n) is 2.83. The average molecular weight is 237 g/mol. The van der Waals surface area contributed by atoms with Crippen molar-refractivity contribution in [3.8, 4) is 5.69 Å². The topological polar surface area (TPSA) is 60.9 Å². The van der Waals surface area contributed by atoms with E-state index in [0.29, 0.717) is 16.8 Å². The van der Waals surface area contributed by atoms with E-state index in [1.807, 2.05) is 18.2 Å². The molecule has 0 amide bonds. The Labute approximate surface area is 103 Å². The van der Waals surface area contributed by atoms with Crippen LogP contribution >= 0.6 is 0 Å². The van der Waals surface area contributed by atoms with Crippen molar-refractivity contribution in [3.05, 3.63) is 65.1 Å². The van der Waals surface area contributed by atoms with Crippen molar-refractivity contribution in [2.45, 2.75) is 0 Å². The third kappa shape index (κ3) is 1.64. The van der Waals surface area contributed by atoms with Gasteiger partial charge in [0.05, 0.1) is 17.3 Å². The van der Waals surface area contributed by atoms with Crippen molar-refractivity contribution >= 4 is 16.5 Å². The van der Waals surface area contributed by atoms with Gasteiger partial charge in [-0.05, 0) is 30.3 Å². The zero-order chi connectivity index (χ0) is 12.5. The van der Waals surface area contributed by atoms with E-state index >= 15 is 0 Å². The molecule has 1 aromatic heterocycles. The lowest BCUT2D eigenvalue weighted by Gasteiger charge is -2.05. The predicted octanol–water partition coefficient (Wildman–Crippen LogP) is 1.97. The highest BCUT2D eigenvalue weighted by Crippen LogP contribution is 2.11. The lowest BCUT2D eigenvalue weighted by molar-refractivity contribution is 0.821. The van der Waals surface area contributed by atoms with Crippen LogP contribution in [0.15, 0.2) is 59.5 Å². The molecule has 0 atom stereocenters. The van der Waals surface area contributed by atoms with Gasteiger partial charge < -0.3 is 5.73 Å². The molecule has 0 radical (unpaired) electrons. The lowest BCUT2D eigenvalue weighted by atomic mass is 10.2. The van der Waals surface area contributed by atoms with Crippen molar-refractivity contribution in [3.63, 3.8) is 0 Å². The van der Waals surface area contributed by atoms with Gasteiger partial charge in [-0.2, -0.15) is 9.78 Å². The summed E-state index contributed by atoms with van der Waals surface area (Å²) in [6, 6.07) is 14.5. The van der Waals surface area contributed by atoms with Crippen molar-refractivity contribution in [1.29, 1.82) is 0 Å². The smallest absolute Gasteiger partial charge is 0.279 e. The highest BCUT2D eigenvalue weighted by molar-refractivity contribution is 5.80. The normalized spacial score (nSPS) is 10.7. The second-order valence-electron chi connectivity index (χ2n) is 4.04. The molecule has 4 nitrogen and oxygen atoms in total. The summed E-state index contributed by atoms with van der Waals surface area (Å²) in [5.74, 6) is 0. The number of hydrogen-bond acceptors (Lipinski definition) is 3. The van der Waals surface area contributed by atoms with E-state index in [4.69, 9.17) is 5.73 Å². The highest BCUT2D eigenvalue weighted by Gasteiger charge is 2.04. The number of anilines is 1. The zero-order valence-corrected chi connectivity index (χ0v) is 9.58. The van der Waals surface area contributed by atoms with Gasteiger partial charge in [0, 0.05) is 11.1 Å². The van der Waals surface area contributed by atoms with Crippen LogP contribution < -0.4 is 11.3 Å². The molecule has 0 aliphatic heterocycles. The number of rotatable bonds is 1. The lowest BCUT2D eigenvalue weighted by Crippen LogP contribution is -2.20. The fourth-order valence-electron chi connectivity index (χ4n) is 1.89. The number of aromatic nitrogens is 2. The molecule has 0 saturated heterocycles. The van der Waals surface area contributed by atoms with Gasteiger partial charge in [0.25, 0.3) is 5.56 Å². The maximum absolute atomic E-state index is 12.3. The first-order valence-corrected chi connectivity index (χ1v) is 5.59. The van der Waals surface area contributed by atoms with Gasteiger partial charge in [0.15, 0.2) is 0 Å². The number of nitrogens with two attached hydrogens (primary N) is 1. The van der Waals surface area contributed by atoms with E-state index in [2.05, 4.69) is 5.10 Å². The minimum Gasteiger partial charge on any atom is -0.399 e. The van der Waals surface area contributed by atoms with Crippen molar-refractivity contribution in [2.75, 3.05) is 5.73 Å². The Balaban J connectivity index is 2.27. The summed E-state index contributed by atoms with van der Waals surface area (Å²) in [5.41, 5.74) is 6.87. The van der Waals surface area contributed by atoms with Crippen LogP contribution in [0.5, 0.6) is 0 Å². The summed E-state index contributed by atoms with van der Waals surface area (Å²) in [7, 11) is 0. The average Bonchev–Trinajstić information content (AvgIpc) is 2.41. The van der Waals surface area contributed by atoms with Crippen LogP contribution in [0.25, 0.3) is 16.5 Å². The number of nitrogen functional groups attached to an aromatic ring is 1. The Morgan fingerprint density at radius 2 is 1.72 bits per heavy atom. The van der Waals surface area contributed by atoms with Gasteiger partial charge in [-0.3, -0.25) is 4.79 Å². The van der Waals surface area contributed by atoms with Crippen LogP contribution in [-0.2, 0) is 0 Å². The first-order chi connectivity index (χ1) is 8.75. The molecule has 0 bridgehead atoms. The van der Waals surface area contributed by atoms with Gasteiger partial charge in [-0.1, -0.05) is 18.2 Å².